The van der Waals surface area contributed by atoms with Crippen molar-refractivity contribution in [2.75, 3.05) is 19.6 Å². The summed E-state index contributed by atoms with van der Waals surface area (Å²) in [5, 5.41) is 6.87. The molecule has 7 nitrogen and oxygen atoms in total. The Labute approximate surface area is 151 Å². The molecule has 1 amide bonds. The van der Waals surface area contributed by atoms with E-state index in [1.807, 2.05) is 17.0 Å². The molecule has 0 saturated carbocycles. The van der Waals surface area contributed by atoms with Gasteiger partial charge in [0.25, 0.3) is 5.91 Å². The van der Waals surface area contributed by atoms with Gasteiger partial charge in [-0.25, -0.2) is 0 Å². The third kappa shape index (κ3) is 3.51. The summed E-state index contributed by atoms with van der Waals surface area (Å²) in [7, 11) is 0. The molecule has 0 aliphatic carbocycles. The molecule has 0 spiro atoms. The predicted molar refractivity (Wildman–Crippen MR) is 96.7 cm³/mol. The second kappa shape index (κ2) is 7.23. The number of hydrogen-bond donors (Lipinski definition) is 1. The normalized spacial score (nSPS) is 17.1. The van der Waals surface area contributed by atoms with Crippen LogP contribution >= 0.6 is 11.6 Å². The monoisotopic (exact) mass is 361 g/mol. The van der Waals surface area contributed by atoms with Gasteiger partial charge in [-0.3, -0.25) is 19.6 Å². The number of amides is 1. The Kier molecular flexibility index (Phi) is 5.03. The molecule has 2 aliphatic heterocycles. The van der Waals surface area contributed by atoms with Gasteiger partial charge >= 0.3 is 0 Å². The van der Waals surface area contributed by atoms with Crippen molar-refractivity contribution >= 4 is 23.5 Å². The largest absolute Gasteiger partial charge is 0.365 e. The number of carbonyl (C=O) groups is 1. The molecule has 1 aromatic carbocycles. The van der Waals surface area contributed by atoms with Crippen LogP contribution < -0.4 is 5.32 Å². The molecule has 132 valence electrons. The van der Waals surface area contributed by atoms with Crippen LogP contribution in [0.25, 0.3) is 0 Å². The molecule has 0 radical (unpaired) electrons. The van der Waals surface area contributed by atoms with Crippen LogP contribution in [0.2, 0.25) is 5.02 Å². The van der Waals surface area contributed by atoms with Gasteiger partial charge in [0.15, 0.2) is 0 Å². The van der Waals surface area contributed by atoms with Crippen LogP contribution in [-0.4, -0.2) is 41.3 Å². The molecule has 0 aromatic heterocycles. The van der Waals surface area contributed by atoms with Crippen molar-refractivity contribution < 1.29 is 4.79 Å². The Hall–Kier alpha value is -2.41. The van der Waals surface area contributed by atoms with Crippen molar-refractivity contribution in [2.45, 2.75) is 20.4 Å². The van der Waals surface area contributed by atoms with Crippen molar-refractivity contribution in [1.29, 1.82) is 0 Å². The number of guanidine groups is 1. The Morgan fingerprint density at radius 2 is 2.04 bits per heavy atom. The van der Waals surface area contributed by atoms with Gasteiger partial charge < -0.3 is 5.32 Å². The van der Waals surface area contributed by atoms with Crippen LogP contribution in [0.4, 0.5) is 0 Å². The second-order valence-electron chi connectivity index (χ2n) is 6.41. The molecular weight excluding hydrogens is 342 g/mol. The van der Waals surface area contributed by atoms with Crippen molar-refractivity contribution in [1.82, 2.24) is 15.1 Å². The zero-order valence-corrected chi connectivity index (χ0v) is 15.0. The fourth-order valence-electron chi connectivity index (χ4n) is 2.90. The lowest BCUT2D eigenvalue weighted by Gasteiger charge is -2.37. The van der Waals surface area contributed by atoms with E-state index in [-0.39, 0.29) is 5.70 Å². The lowest BCUT2D eigenvalue weighted by molar-refractivity contribution is -0.124. The molecule has 0 fully saturated rings. The van der Waals surface area contributed by atoms with Crippen molar-refractivity contribution in [3.05, 3.63) is 51.3 Å². The summed E-state index contributed by atoms with van der Waals surface area (Å²) < 4.78 is 0. The summed E-state index contributed by atoms with van der Waals surface area (Å²) in [6.07, 6.45) is 0. The van der Waals surface area contributed by atoms with Gasteiger partial charge in [-0.2, -0.15) is 0 Å². The van der Waals surface area contributed by atoms with E-state index < -0.39 is 5.91 Å². The van der Waals surface area contributed by atoms with E-state index in [4.69, 9.17) is 11.6 Å². The van der Waals surface area contributed by atoms with E-state index >= 15 is 0 Å². The van der Waals surface area contributed by atoms with E-state index in [1.54, 1.807) is 12.1 Å². The average molecular weight is 362 g/mol. The molecule has 0 bridgehead atoms. The number of hydrogen-bond acceptors (Lipinski definition) is 6. The lowest BCUT2D eigenvalue weighted by atomic mass is 10.1. The quantitative estimate of drug-likeness (QED) is 0.790. The van der Waals surface area contributed by atoms with Gasteiger partial charge in [0.05, 0.1) is 6.54 Å². The highest BCUT2D eigenvalue weighted by atomic mass is 35.5. The minimum Gasteiger partial charge on any atom is -0.365 e. The Morgan fingerprint density at radius 1 is 1.32 bits per heavy atom. The number of aliphatic imine (C=N–C) groups is 1. The first-order valence-electron chi connectivity index (χ1n) is 8.21. The third-order valence-electron chi connectivity index (χ3n) is 4.01. The highest BCUT2D eigenvalue weighted by molar-refractivity contribution is 6.30. The van der Waals surface area contributed by atoms with Gasteiger partial charge in [-0.1, -0.05) is 37.6 Å². The van der Waals surface area contributed by atoms with Crippen LogP contribution in [-0.2, 0) is 11.3 Å². The highest BCUT2D eigenvalue weighted by Gasteiger charge is 2.40. The number of halogens is 1. The topological polar surface area (TPSA) is 77.4 Å². The molecule has 0 unspecified atom stereocenters. The first-order chi connectivity index (χ1) is 12.0. The summed E-state index contributed by atoms with van der Waals surface area (Å²) in [5.74, 6) is 0.925. The fourth-order valence-corrected chi connectivity index (χ4v) is 3.03. The maximum Gasteiger partial charge on any atom is 0.286 e. The number of carbonyl (C=O) groups excluding carboxylic acids is 1. The number of nitrogens with one attached hydrogen (secondary N) is 1. The van der Waals surface area contributed by atoms with E-state index in [0.717, 1.165) is 5.56 Å². The molecule has 8 heteroatoms. The van der Waals surface area contributed by atoms with Crippen LogP contribution in [0.15, 0.2) is 46.0 Å². The maximum absolute atomic E-state index is 12.5. The van der Waals surface area contributed by atoms with Crippen molar-refractivity contribution in [3.63, 3.8) is 0 Å². The molecule has 3 rings (SSSR count). The van der Waals surface area contributed by atoms with Gasteiger partial charge in [-0.05, 0) is 28.8 Å². The third-order valence-corrected chi connectivity index (χ3v) is 4.27. The average Bonchev–Trinajstić information content (AvgIpc) is 3.07. The zero-order valence-electron chi connectivity index (χ0n) is 14.2. The van der Waals surface area contributed by atoms with Gasteiger partial charge in [-0.15, -0.1) is 4.91 Å². The molecule has 1 N–H and O–H groups in total. The zero-order chi connectivity index (χ0) is 18.0. The van der Waals surface area contributed by atoms with Crippen molar-refractivity contribution in [2.24, 2.45) is 16.1 Å². The molecule has 0 saturated heterocycles. The van der Waals surface area contributed by atoms with Crippen molar-refractivity contribution in [3.8, 4) is 0 Å². The minimum atomic E-state index is -0.398. The summed E-state index contributed by atoms with van der Waals surface area (Å²) in [4.78, 5) is 31.8. The minimum absolute atomic E-state index is 0.101. The fraction of sp³-hybridized carbons (Fsp3) is 0.412. The number of nitroso groups, excluding NO2 is 1. The van der Waals surface area contributed by atoms with Gasteiger partial charge in [0.2, 0.25) is 11.7 Å². The van der Waals surface area contributed by atoms with E-state index in [9.17, 15) is 9.70 Å². The first-order valence-corrected chi connectivity index (χ1v) is 8.59. The summed E-state index contributed by atoms with van der Waals surface area (Å²) in [5.41, 5.74) is 0.880. The molecule has 2 aliphatic rings. The second-order valence-corrected chi connectivity index (χ2v) is 6.85. The van der Waals surface area contributed by atoms with Gasteiger partial charge in [0.1, 0.15) is 5.82 Å². The lowest BCUT2D eigenvalue weighted by Crippen LogP contribution is -2.53. The molecule has 2 heterocycles. The SMILES string of the molecule is CC(C)CN1C2=NCCN2C(=O)C(N=O)=C1NCc1ccc(Cl)cc1. The first kappa shape index (κ1) is 17.4. The predicted octanol–water partition coefficient (Wildman–Crippen LogP) is 2.53. The molecule has 1 aromatic rings. The summed E-state index contributed by atoms with van der Waals surface area (Å²) in [6.45, 7) is 6.23. The maximum atomic E-state index is 12.5. The van der Waals surface area contributed by atoms with E-state index in [2.05, 4.69) is 29.3 Å². The number of fused-ring (bicyclic) bond motifs is 1. The summed E-state index contributed by atoms with van der Waals surface area (Å²) in [6, 6.07) is 7.38. The summed E-state index contributed by atoms with van der Waals surface area (Å²) >= 11 is 5.91. The number of rotatable bonds is 6. The Morgan fingerprint density at radius 3 is 2.68 bits per heavy atom. The smallest absolute Gasteiger partial charge is 0.286 e. The Balaban J connectivity index is 1.92. The number of nitrogens with zero attached hydrogens (tertiary/aromatic N) is 4. The molecule has 0 atom stereocenters. The molecule has 25 heavy (non-hydrogen) atoms. The van der Waals surface area contributed by atoms with Crippen LogP contribution in [0, 0.1) is 10.8 Å². The van der Waals surface area contributed by atoms with Crippen LogP contribution in [0.1, 0.15) is 19.4 Å². The standard InChI is InChI=1S/C17H20ClN5O2/c1-11(2)10-23-15(20-9-12-3-5-13(18)6-4-12)14(21-25)16(24)22-8-7-19-17(22)23/h3-6,11,20H,7-10H2,1-2H3. The molecular formula is C17H20ClN5O2. The van der Waals surface area contributed by atoms with E-state index in [1.165, 1.54) is 4.90 Å². The van der Waals surface area contributed by atoms with Gasteiger partial charge in [0, 0.05) is 24.7 Å². The van der Waals surface area contributed by atoms with Crippen LogP contribution in [0.3, 0.4) is 0 Å². The highest BCUT2D eigenvalue weighted by Crippen LogP contribution is 2.25. The Bertz CT molecular complexity index is 742. The van der Waals surface area contributed by atoms with Crippen LogP contribution in [0.5, 0.6) is 0 Å². The number of benzene rings is 1. The van der Waals surface area contributed by atoms with E-state index in [0.29, 0.717) is 48.9 Å².